The van der Waals surface area contributed by atoms with E-state index < -0.39 is 0 Å². The highest BCUT2D eigenvalue weighted by molar-refractivity contribution is 5.77. The Labute approximate surface area is 144 Å². The highest BCUT2D eigenvalue weighted by atomic mass is 16.5. The summed E-state index contributed by atoms with van der Waals surface area (Å²) in [5.41, 5.74) is 8.18. The standard InChI is InChI=1S/C19H26N4O/c20-19(23-14-10-18-9-4-5-12-21-18)22-13-6-15-24-16-11-17-7-2-1-3-8-17/h1-5,7-9,12H,6,10-11,13-16H2,(H3,20,22,23). The lowest BCUT2D eigenvalue weighted by atomic mass is 10.2. The monoisotopic (exact) mass is 326 g/mol. The van der Waals surface area contributed by atoms with Crippen molar-refractivity contribution in [2.45, 2.75) is 19.3 Å². The lowest BCUT2D eigenvalue weighted by molar-refractivity contribution is 0.136. The number of nitrogens with two attached hydrogens (primary N) is 1. The second-order valence-corrected chi connectivity index (χ2v) is 5.47. The van der Waals surface area contributed by atoms with E-state index in [0.717, 1.165) is 38.1 Å². The molecule has 0 atom stereocenters. The van der Waals surface area contributed by atoms with Gasteiger partial charge in [0.15, 0.2) is 5.96 Å². The summed E-state index contributed by atoms with van der Waals surface area (Å²) in [5.74, 6) is 0.482. The Bertz CT molecular complexity index is 587. The first-order valence-corrected chi connectivity index (χ1v) is 8.40. The summed E-state index contributed by atoms with van der Waals surface area (Å²) in [7, 11) is 0. The minimum atomic E-state index is 0.482. The molecule has 5 nitrogen and oxygen atoms in total. The number of hydrogen-bond acceptors (Lipinski definition) is 3. The van der Waals surface area contributed by atoms with Crippen LogP contribution in [0.5, 0.6) is 0 Å². The van der Waals surface area contributed by atoms with Gasteiger partial charge in [0.05, 0.1) is 6.61 Å². The Hall–Kier alpha value is -2.40. The van der Waals surface area contributed by atoms with E-state index in [4.69, 9.17) is 10.5 Å². The number of aromatic nitrogens is 1. The first kappa shape index (κ1) is 17.9. The van der Waals surface area contributed by atoms with E-state index in [1.807, 2.05) is 36.4 Å². The molecule has 0 fully saturated rings. The van der Waals surface area contributed by atoms with Gasteiger partial charge in [-0.25, -0.2) is 0 Å². The minimum absolute atomic E-state index is 0.482. The summed E-state index contributed by atoms with van der Waals surface area (Å²) in [4.78, 5) is 8.56. The zero-order valence-corrected chi connectivity index (χ0v) is 14.0. The van der Waals surface area contributed by atoms with Crippen LogP contribution in [-0.4, -0.2) is 37.2 Å². The maximum absolute atomic E-state index is 5.83. The maximum atomic E-state index is 5.83. The van der Waals surface area contributed by atoms with Crippen LogP contribution >= 0.6 is 0 Å². The van der Waals surface area contributed by atoms with Crippen molar-refractivity contribution in [3.05, 3.63) is 66.0 Å². The van der Waals surface area contributed by atoms with Gasteiger partial charge in [0, 0.05) is 38.0 Å². The van der Waals surface area contributed by atoms with Gasteiger partial charge >= 0.3 is 0 Å². The van der Waals surface area contributed by atoms with Gasteiger partial charge in [0.2, 0.25) is 0 Å². The van der Waals surface area contributed by atoms with E-state index in [9.17, 15) is 0 Å². The van der Waals surface area contributed by atoms with Gasteiger partial charge < -0.3 is 15.8 Å². The fourth-order valence-electron chi connectivity index (χ4n) is 2.22. The van der Waals surface area contributed by atoms with E-state index in [-0.39, 0.29) is 0 Å². The van der Waals surface area contributed by atoms with Crippen molar-refractivity contribution in [3.8, 4) is 0 Å². The molecule has 128 valence electrons. The van der Waals surface area contributed by atoms with Gasteiger partial charge in [-0.2, -0.15) is 0 Å². The first-order chi connectivity index (χ1) is 11.8. The number of benzene rings is 1. The average molecular weight is 326 g/mol. The molecule has 24 heavy (non-hydrogen) atoms. The highest BCUT2D eigenvalue weighted by Gasteiger charge is 1.95. The predicted octanol–water partition coefficient (Wildman–Crippen LogP) is 2.18. The molecule has 2 aromatic rings. The van der Waals surface area contributed by atoms with Crippen LogP contribution in [0.1, 0.15) is 17.7 Å². The predicted molar refractivity (Wildman–Crippen MR) is 98.0 cm³/mol. The Morgan fingerprint density at radius 1 is 1.04 bits per heavy atom. The number of nitrogens with one attached hydrogen (secondary N) is 1. The topological polar surface area (TPSA) is 72.5 Å². The number of pyridine rings is 1. The number of hydrogen-bond donors (Lipinski definition) is 2. The maximum Gasteiger partial charge on any atom is 0.188 e. The van der Waals surface area contributed by atoms with Crippen molar-refractivity contribution in [3.63, 3.8) is 0 Å². The highest BCUT2D eigenvalue weighted by Crippen LogP contribution is 1.99. The summed E-state index contributed by atoms with van der Waals surface area (Å²) < 4.78 is 5.62. The third-order valence-electron chi connectivity index (χ3n) is 3.52. The molecule has 0 radical (unpaired) electrons. The van der Waals surface area contributed by atoms with Gasteiger partial charge in [-0.1, -0.05) is 36.4 Å². The van der Waals surface area contributed by atoms with Crippen LogP contribution in [0, 0.1) is 0 Å². The van der Waals surface area contributed by atoms with Crippen LogP contribution in [-0.2, 0) is 17.6 Å². The molecule has 0 aliphatic heterocycles. The second kappa shape index (κ2) is 11.2. The number of nitrogens with zero attached hydrogens (tertiary/aromatic N) is 2. The lowest BCUT2D eigenvalue weighted by Gasteiger charge is -2.06. The smallest absolute Gasteiger partial charge is 0.188 e. The number of ether oxygens (including phenoxy) is 1. The van der Waals surface area contributed by atoms with Crippen molar-refractivity contribution in [1.82, 2.24) is 10.3 Å². The molecular formula is C19H26N4O. The quantitative estimate of drug-likeness (QED) is 0.399. The van der Waals surface area contributed by atoms with Crippen LogP contribution in [0.3, 0.4) is 0 Å². The van der Waals surface area contributed by atoms with Crippen molar-refractivity contribution < 1.29 is 4.74 Å². The van der Waals surface area contributed by atoms with Crippen molar-refractivity contribution in [2.24, 2.45) is 10.7 Å². The Morgan fingerprint density at radius 2 is 1.88 bits per heavy atom. The van der Waals surface area contributed by atoms with Gasteiger partial charge in [0.1, 0.15) is 0 Å². The SMILES string of the molecule is NC(=NCCCOCCc1ccccc1)NCCc1ccccn1. The molecule has 0 bridgehead atoms. The first-order valence-electron chi connectivity index (χ1n) is 8.40. The van der Waals surface area contributed by atoms with Gasteiger partial charge in [-0.3, -0.25) is 9.98 Å². The van der Waals surface area contributed by atoms with Crippen LogP contribution in [0.25, 0.3) is 0 Å². The summed E-state index contributed by atoms with van der Waals surface area (Å²) in [6, 6.07) is 16.3. The summed E-state index contributed by atoms with van der Waals surface area (Å²) in [5, 5.41) is 3.10. The molecule has 1 aromatic heterocycles. The number of rotatable bonds is 10. The summed E-state index contributed by atoms with van der Waals surface area (Å²) in [6.07, 6.45) is 4.45. The molecule has 1 heterocycles. The molecule has 0 unspecified atom stereocenters. The fourth-order valence-corrected chi connectivity index (χ4v) is 2.22. The van der Waals surface area contributed by atoms with Crippen LogP contribution < -0.4 is 11.1 Å². The second-order valence-electron chi connectivity index (χ2n) is 5.47. The molecule has 0 aliphatic carbocycles. The molecule has 0 amide bonds. The third kappa shape index (κ3) is 7.74. The molecule has 2 rings (SSSR count). The molecule has 5 heteroatoms. The van der Waals surface area contributed by atoms with Crippen LogP contribution in [0.15, 0.2) is 59.7 Å². The average Bonchev–Trinajstić information content (AvgIpc) is 2.63. The molecule has 0 saturated carbocycles. The third-order valence-corrected chi connectivity index (χ3v) is 3.52. The minimum Gasteiger partial charge on any atom is -0.381 e. The van der Waals surface area contributed by atoms with E-state index >= 15 is 0 Å². The molecule has 3 N–H and O–H groups in total. The van der Waals surface area contributed by atoms with Crippen LogP contribution in [0.2, 0.25) is 0 Å². The van der Waals surface area contributed by atoms with Gasteiger partial charge in [0.25, 0.3) is 0 Å². The van der Waals surface area contributed by atoms with Crippen LogP contribution in [0.4, 0.5) is 0 Å². The molecule has 0 saturated heterocycles. The Balaban J connectivity index is 1.47. The van der Waals surface area contributed by atoms with Gasteiger partial charge in [-0.15, -0.1) is 0 Å². The molecule has 0 aliphatic rings. The Morgan fingerprint density at radius 3 is 2.67 bits per heavy atom. The normalized spacial score (nSPS) is 11.4. The molecule has 0 spiro atoms. The number of aliphatic imine (C=N–C) groups is 1. The zero-order chi connectivity index (χ0) is 16.9. The van der Waals surface area contributed by atoms with Gasteiger partial charge in [-0.05, 0) is 30.5 Å². The van der Waals surface area contributed by atoms with Crippen molar-refractivity contribution in [2.75, 3.05) is 26.3 Å². The summed E-state index contributed by atoms with van der Waals surface area (Å²) >= 11 is 0. The zero-order valence-electron chi connectivity index (χ0n) is 14.0. The number of guanidine groups is 1. The van der Waals surface area contributed by atoms with Crippen molar-refractivity contribution >= 4 is 5.96 Å². The molecule has 1 aromatic carbocycles. The largest absolute Gasteiger partial charge is 0.381 e. The van der Waals surface area contributed by atoms with E-state index in [1.54, 1.807) is 6.20 Å². The van der Waals surface area contributed by atoms with Crippen molar-refractivity contribution in [1.29, 1.82) is 0 Å². The Kier molecular flexibility index (Phi) is 8.36. The van der Waals surface area contributed by atoms with E-state index in [2.05, 4.69) is 27.4 Å². The molecular weight excluding hydrogens is 300 g/mol. The fraction of sp³-hybridized carbons (Fsp3) is 0.368. The van der Waals surface area contributed by atoms with E-state index in [1.165, 1.54) is 5.56 Å². The lowest BCUT2D eigenvalue weighted by Crippen LogP contribution is -2.33. The van der Waals surface area contributed by atoms with E-state index in [0.29, 0.717) is 19.1 Å². The summed E-state index contributed by atoms with van der Waals surface area (Å²) in [6.45, 7) is 2.86.